The number of carbonyl (C=O) groups is 1. The number of nitrogens with one attached hydrogen (secondary N) is 2. The van der Waals surface area contributed by atoms with Crippen LogP contribution in [0.5, 0.6) is 0 Å². The Bertz CT molecular complexity index is 551. The Morgan fingerprint density at radius 3 is 2.89 bits per heavy atom. The minimum Gasteiger partial charge on any atom is -0.309 e. The second-order valence-corrected chi connectivity index (χ2v) is 6.38. The van der Waals surface area contributed by atoms with Gasteiger partial charge in [-0.25, -0.2) is 8.42 Å². The van der Waals surface area contributed by atoms with Crippen LogP contribution in [0.4, 0.5) is 5.82 Å². The predicted octanol–water partition coefficient (Wildman–Crippen LogP) is 0.0806. The lowest BCUT2D eigenvalue weighted by Gasteiger charge is -2.21. The zero-order chi connectivity index (χ0) is 13.3. The number of anilines is 1. The largest absolute Gasteiger partial charge is 0.309 e. The molecule has 100 valence electrons. The Morgan fingerprint density at radius 1 is 1.61 bits per heavy atom. The maximum Gasteiger partial charge on any atom is 0.243 e. The van der Waals surface area contributed by atoms with E-state index < -0.39 is 16.1 Å². The summed E-state index contributed by atoms with van der Waals surface area (Å²) in [6.45, 7) is 2.21. The molecule has 2 heterocycles. The molecule has 1 aliphatic rings. The molecule has 0 aromatic carbocycles. The minimum atomic E-state index is -3.34. The maximum atomic E-state index is 12.1. The number of aromatic nitrogens is 2. The molecule has 1 amide bonds. The van der Waals surface area contributed by atoms with Gasteiger partial charge in [0.05, 0.1) is 12.5 Å². The fourth-order valence-corrected chi connectivity index (χ4v) is 3.20. The zero-order valence-electron chi connectivity index (χ0n) is 10.3. The number of H-pyrrole nitrogens is 1. The highest BCUT2D eigenvalue weighted by molar-refractivity contribution is 7.88. The van der Waals surface area contributed by atoms with E-state index in [-0.39, 0.29) is 5.91 Å². The lowest BCUT2D eigenvalue weighted by atomic mass is 10.2. The predicted molar refractivity (Wildman–Crippen MR) is 66.5 cm³/mol. The van der Waals surface area contributed by atoms with Crippen LogP contribution >= 0.6 is 0 Å². The van der Waals surface area contributed by atoms with E-state index in [1.807, 2.05) is 6.92 Å². The van der Waals surface area contributed by atoms with Gasteiger partial charge in [0.25, 0.3) is 0 Å². The minimum absolute atomic E-state index is 0.315. The van der Waals surface area contributed by atoms with Gasteiger partial charge in [0, 0.05) is 12.1 Å². The van der Waals surface area contributed by atoms with Crippen LogP contribution in [0.25, 0.3) is 0 Å². The zero-order valence-corrected chi connectivity index (χ0v) is 11.1. The normalized spacial score (nSPS) is 21.1. The Hall–Kier alpha value is -1.41. The van der Waals surface area contributed by atoms with E-state index in [0.717, 1.165) is 11.8 Å². The van der Waals surface area contributed by atoms with Crippen molar-refractivity contribution in [3.05, 3.63) is 11.8 Å². The van der Waals surface area contributed by atoms with Crippen LogP contribution in [0.3, 0.4) is 0 Å². The second-order valence-electron chi connectivity index (χ2n) is 4.45. The van der Waals surface area contributed by atoms with Crippen LogP contribution in [0.15, 0.2) is 6.20 Å². The van der Waals surface area contributed by atoms with Crippen LogP contribution in [0.2, 0.25) is 0 Å². The highest BCUT2D eigenvalue weighted by Crippen LogP contribution is 2.22. The van der Waals surface area contributed by atoms with Gasteiger partial charge in [0.2, 0.25) is 15.9 Å². The van der Waals surface area contributed by atoms with Gasteiger partial charge >= 0.3 is 0 Å². The molecule has 0 radical (unpaired) electrons. The molecule has 0 saturated carbocycles. The number of aryl methyl sites for hydroxylation is 1. The number of hydrogen-bond donors (Lipinski definition) is 2. The summed E-state index contributed by atoms with van der Waals surface area (Å²) in [5, 5.41) is 9.13. The molecular formula is C10H16N4O3S. The van der Waals surface area contributed by atoms with Crippen molar-refractivity contribution in [1.29, 1.82) is 0 Å². The van der Waals surface area contributed by atoms with Gasteiger partial charge in [-0.3, -0.25) is 9.89 Å². The summed E-state index contributed by atoms with van der Waals surface area (Å²) >= 11 is 0. The third kappa shape index (κ3) is 2.54. The summed E-state index contributed by atoms with van der Waals surface area (Å²) in [6, 6.07) is -0.623. The molecule has 8 heteroatoms. The quantitative estimate of drug-likeness (QED) is 0.814. The SMILES string of the molecule is Cc1cn[nH]c1NC(=O)C1CCCN1S(C)(=O)=O. The van der Waals surface area contributed by atoms with Crippen molar-refractivity contribution in [3.8, 4) is 0 Å². The smallest absolute Gasteiger partial charge is 0.243 e. The van der Waals surface area contributed by atoms with Crippen LogP contribution < -0.4 is 5.32 Å². The summed E-state index contributed by atoms with van der Waals surface area (Å²) in [5.41, 5.74) is 0.812. The molecule has 1 aromatic heterocycles. The number of carbonyl (C=O) groups excluding carboxylic acids is 1. The van der Waals surface area contributed by atoms with E-state index in [1.54, 1.807) is 6.20 Å². The second kappa shape index (κ2) is 4.69. The Kier molecular flexibility index (Phi) is 3.40. The molecule has 1 atom stereocenters. The average Bonchev–Trinajstić information content (AvgIpc) is 2.86. The summed E-state index contributed by atoms with van der Waals surface area (Å²) in [7, 11) is -3.34. The molecule has 0 bridgehead atoms. The van der Waals surface area contributed by atoms with Crippen LogP contribution in [0.1, 0.15) is 18.4 Å². The molecule has 0 spiro atoms. The van der Waals surface area contributed by atoms with Gasteiger partial charge in [0.15, 0.2) is 0 Å². The van der Waals surface area contributed by atoms with Crippen molar-refractivity contribution >= 4 is 21.7 Å². The number of rotatable bonds is 3. The summed E-state index contributed by atoms with van der Waals surface area (Å²) in [4.78, 5) is 12.1. The molecule has 1 unspecified atom stereocenters. The van der Waals surface area contributed by atoms with E-state index in [2.05, 4.69) is 15.5 Å². The lowest BCUT2D eigenvalue weighted by molar-refractivity contribution is -0.119. The highest BCUT2D eigenvalue weighted by Gasteiger charge is 2.36. The molecule has 1 aromatic rings. The van der Waals surface area contributed by atoms with Crippen molar-refractivity contribution in [2.75, 3.05) is 18.1 Å². The van der Waals surface area contributed by atoms with Crippen LogP contribution in [0, 0.1) is 6.92 Å². The number of aromatic amines is 1. The molecule has 2 rings (SSSR count). The fourth-order valence-electron chi connectivity index (χ4n) is 2.08. The first-order valence-electron chi connectivity index (χ1n) is 5.67. The van der Waals surface area contributed by atoms with Gasteiger partial charge in [0.1, 0.15) is 11.9 Å². The summed E-state index contributed by atoms with van der Waals surface area (Å²) in [5.74, 6) is 0.200. The van der Waals surface area contributed by atoms with Crippen molar-refractivity contribution in [3.63, 3.8) is 0 Å². The Balaban J connectivity index is 2.12. The average molecular weight is 272 g/mol. The molecule has 1 saturated heterocycles. The van der Waals surface area contributed by atoms with Gasteiger partial charge in [-0.1, -0.05) is 0 Å². The van der Waals surface area contributed by atoms with Crippen LogP contribution in [-0.4, -0.2) is 47.7 Å². The number of hydrogen-bond acceptors (Lipinski definition) is 4. The highest BCUT2D eigenvalue weighted by atomic mass is 32.2. The molecule has 7 nitrogen and oxygen atoms in total. The third-order valence-corrected chi connectivity index (χ3v) is 4.30. The Morgan fingerprint density at radius 2 is 2.33 bits per heavy atom. The first-order chi connectivity index (χ1) is 8.39. The lowest BCUT2D eigenvalue weighted by Crippen LogP contribution is -2.42. The molecule has 1 fully saturated rings. The van der Waals surface area contributed by atoms with Crippen molar-refractivity contribution in [1.82, 2.24) is 14.5 Å². The topological polar surface area (TPSA) is 95.2 Å². The monoisotopic (exact) mass is 272 g/mol. The number of nitrogens with zero attached hydrogens (tertiary/aromatic N) is 2. The molecule has 0 aliphatic carbocycles. The van der Waals surface area contributed by atoms with Gasteiger partial charge < -0.3 is 5.32 Å². The van der Waals surface area contributed by atoms with Crippen molar-refractivity contribution in [2.45, 2.75) is 25.8 Å². The Labute approximate surface area is 106 Å². The van der Waals surface area contributed by atoms with Crippen molar-refractivity contribution in [2.24, 2.45) is 0 Å². The molecule has 1 aliphatic heterocycles. The van der Waals surface area contributed by atoms with Gasteiger partial charge in [-0.15, -0.1) is 0 Å². The molecule has 18 heavy (non-hydrogen) atoms. The third-order valence-electron chi connectivity index (χ3n) is 3.01. The first kappa shape index (κ1) is 13.0. The maximum absolute atomic E-state index is 12.1. The van der Waals surface area contributed by atoms with E-state index in [1.165, 1.54) is 4.31 Å². The number of sulfonamides is 1. The van der Waals surface area contributed by atoms with Gasteiger partial charge in [-0.05, 0) is 19.8 Å². The summed E-state index contributed by atoms with van der Waals surface area (Å²) < 4.78 is 24.3. The van der Waals surface area contributed by atoms with E-state index >= 15 is 0 Å². The fraction of sp³-hybridized carbons (Fsp3) is 0.600. The van der Waals surface area contributed by atoms with Crippen molar-refractivity contribution < 1.29 is 13.2 Å². The standard InChI is InChI=1S/C10H16N4O3S/c1-7-6-11-13-9(7)12-10(15)8-4-3-5-14(8)18(2,16)17/h6,8H,3-5H2,1-2H3,(H2,11,12,13,15). The van der Waals surface area contributed by atoms with E-state index in [0.29, 0.717) is 25.2 Å². The van der Waals surface area contributed by atoms with Gasteiger partial charge in [-0.2, -0.15) is 9.40 Å². The first-order valence-corrected chi connectivity index (χ1v) is 7.52. The van der Waals surface area contributed by atoms with E-state index in [9.17, 15) is 13.2 Å². The molecule has 2 N–H and O–H groups in total. The van der Waals surface area contributed by atoms with E-state index in [4.69, 9.17) is 0 Å². The number of amides is 1. The van der Waals surface area contributed by atoms with Crippen LogP contribution in [-0.2, 0) is 14.8 Å². The summed E-state index contributed by atoms with van der Waals surface area (Å²) in [6.07, 6.45) is 3.97. The molecular weight excluding hydrogens is 256 g/mol.